The molecule has 2 aliphatic carbocycles. The summed E-state index contributed by atoms with van der Waals surface area (Å²) in [6.07, 6.45) is 10.4. The highest BCUT2D eigenvalue weighted by Gasteiger charge is 2.42. The summed E-state index contributed by atoms with van der Waals surface area (Å²) in [4.78, 5) is 0. The van der Waals surface area contributed by atoms with Gasteiger partial charge in [-0.05, 0) is 30.8 Å². The van der Waals surface area contributed by atoms with Gasteiger partial charge in [0.15, 0.2) is 0 Å². The normalized spacial score (nSPS) is 40.4. The Bertz CT molecular complexity index is 234. The Morgan fingerprint density at radius 1 is 1.55 bits per heavy atom. The van der Waals surface area contributed by atoms with Crippen LogP contribution in [0.3, 0.4) is 0 Å². The first-order chi connectivity index (χ1) is 5.30. The molecule has 2 rings (SSSR count). The molecule has 1 fully saturated rings. The summed E-state index contributed by atoms with van der Waals surface area (Å²) >= 11 is 0. The van der Waals surface area contributed by atoms with Crippen molar-refractivity contribution in [2.24, 2.45) is 11.3 Å². The molecule has 2 aliphatic rings. The predicted molar refractivity (Wildman–Crippen MR) is 48.3 cm³/mol. The van der Waals surface area contributed by atoms with E-state index in [1.165, 1.54) is 24.8 Å². The second-order valence-electron chi connectivity index (χ2n) is 3.69. The summed E-state index contributed by atoms with van der Waals surface area (Å²) in [5.41, 5.74) is 1.75. The van der Waals surface area contributed by atoms with Crippen molar-refractivity contribution in [3.8, 4) is 0 Å². The van der Waals surface area contributed by atoms with Gasteiger partial charge in [0.1, 0.15) is 0 Å². The van der Waals surface area contributed by atoms with Gasteiger partial charge in [-0.15, -0.1) is 6.58 Å². The first-order valence-corrected chi connectivity index (χ1v) is 4.29. The molecule has 0 amide bonds. The quantitative estimate of drug-likeness (QED) is 0.525. The first-order valence-electron chi connectivity index (χ1n) is 4.29. The van der Waals surface area contributed by atoms with Gasteiger partial charge in [0.2, 0.25) is 0 Å². The smallest absolute Gasteiger partial charge is 0.0132 e. The predicted octanol–water partition coefficient (Wildman–Crippen LogP) is 3.08. The molecule has 0 aromatic rings. The summed E-state index contributed by atoms with van der Waals surface area (Å²) in [5, 5.41) is 0. The molecular weight excluding hydrogens is 132 g/mol. The van der Waals surface area contributed by atoms with Crippen LogP contribution in [0.25, 0.3) is 0 Å². The fourth-order valence-corrected chi connectivity index (χ4v) is 2.51. The highest BCUT2D eigenvalue weighted by Crippen LogP contribution is 2.54. The van der Waals surface area contributed by atoms with Crippen molar-refractivity contribution < 1.29 is 0 Å². The molecule has 0 N–H and O–H groups in total. The van der Waals surface area contributed by atoms with Gasteiger partial charge in [-0.1, -0.05) is 24.8 Å². The van der Waals surface area contributed by atoms with E-state index in [9.17, 15) is 0 Å². The van der Waals surface area contributed by atoms with Gasteiger partial charge in [-0.25, -0.2) is 0 Å². The summed E-state index contributed by atoms with van der Waals surface area (Å²) in [5.74, 6) is 0.820. The molecule has 2 unspecified atom stereocenters. The molecule has 0 spiro atoms. The molecule has 0 radical (unpaired) electrons. The van der Waals surface area contributed by atoms with Crippen LogP contribution in [0.1, 0.15) is 19.3 Å². The highest BCUT2D eigenvalue weighted by molar-refractivity contribution is 5.38. The molecule has 1 saturated carbocycles. The Morgan fingerprint density at radius 3 is 2.82 bits per heavy atom. The third-order valence-corrected chi connectivity index (χ3v) is 3.19. The zero-order chi connectivity index (χ0) is 7.90. The molecular formula is C11H14. The lowest BCUT2D eigenvalue weighted by atomic mass is 9.81. The Balaban J connectivity index is 2.41. The lowest BCUT2D eigenvalue weighted by Gasteiger charge is -2.23. The van der Waals surface area contributed by atoms with E-state index in [0.29, 0.717) is 5.41 Å². The zero-order valence-corrected chi connectivity index (χ0v) is 6.84. The van der Waals surface area contributed by atoms with Gasteiger partial charge in [0.05, 0.1) is 0 Å². The van der Waals surface area contributed by atoms with Crippen LogP contribution in [-0.2, 0) is 0 Å². The summed E-state index contributed by atoms with van der Waals surface area (Å²) in [6.45, 7) is 7.76. The van der Waals surface area contributed by atoms with Crippen molar-refractivity contribution in [1.82, 2.24) is 0 Å². The van der Waals surface area contributed by atoms with Gasteiger partial charge in [0, 0.05) is 5.41 Å². The highest BCUT2D eigenvalue weighted by atomic mass is 14.5. The second-order valence-corrected chi connectivity index (χ2v) is 3.69. The fraction of sp³-hybridized carbons (Fsp3) is 0.455. The van der Waals surface area contributed by atoms with Crippen molar-refractivity contribution >= 4 is 0 Å². The standard InChI is InChI=1S/C11H14/c1-3-10-7-9-5-6-11(10,4-2)8-9/h3-4,7,9H,1-2,5-6,8H2. The van der Waals surface area contributed by atoms with Crippen LogP contribution < -0.4 is 0 Å². The molecule has 0 nitrogen and oxygen atoms in total. The van der Waals surface area contributed by atoms with E-state index in [0.717, 1.165) is 5.92 Å². The number of rotatable bonds is 2. The van der Waals surface area contributed by atoms with Crippen LogP contribution in [0, 0.1) is 11.3 Å². The van der Waals surface area contributed by atoms with Gasteiger partial charge < -0.3 is 0 Å². The van der Waals surface area contributed by atoms with Crippen LogP contribution in [0.5, 0.6) is 0 Å². The molecule has 0 heteroatoms. The zero-order valence-electron chi connectivity index (χ0n) is 6.84. The number of hydrogen-bond donors (Lipinski definition) is 0. The number of hydrogen-bond acceptors (Lipinski definition) is 0. The largest absolute Gasteiger partial charge is 0.102 e. The molecule has 0 aliphatic heterocycles. The summed E-state index contributed by atoms with van der Waals surface area (Å²) in [6, 6.07) is 0. The minimum atomic E-state index is 0.326. The van der Waals surface area contributed by atoms with E-state index in [1.54, 1.807) is 0 Å². The maximum Gasteiger partial charge on any atom is 0.0132 e. The molecule has 0 aromatic heterocycles. The topological polar surface area (TPSA) is 0 Å². The van der Waals surface area contributed by atoms with Crippen LogP contribution >= 0.6 is 0 Å². The average molecular weight is 146 g/mol. The third-order valence-electron chi connectivity index (χ3n) is 3.19. The first kappa shape index (κ1) is 6.90. The molecule has 0 heterocycles. The average Bonchev–Trinajstić information content (AvgIpc) is 2.60. The van der Waals surface area contributed by atoms with Crippen molar-refractivity contribution in [3.05, 3.63) is 37.0 Å². The third kappa shape index (κ3) is 0.756. The summed E-state index contributed by atoms with van der Waals surface area (Å²) < 4.78 is 0. The van der Waals surface area contributed by atoms with Crippen molar-refractivity contribution in [1.29, 1.82) is 0 Å². The van der Waals surface area contributed by atoms with E-state index >= 15 is 0 Å². The summed E-state index contributed by atoms with van der Waals surface area (Å²) in [7, 11) is 0. The van der Waals surface area contributed by atoms with Gasteiger partial charge in [0.25, 0.3) is 0 Å². The van der Waals surface area contributed by atoms with Crippen LogP contribution in [-0.4, -0.2) is 0 Å². The number of fused-ring (bicyclic) bond motifs is 2. The molecule has 0 saturated heterocycles. The van der Waals surface area contributed by atoms with Crippen molar-refractivity contribution in [3.63, 3.8) is 0 Å². The SMILES string of the molecule is C=CC1=CC2CCC1(C=C)C2. The Morgan fingerprint density at radius 2 is 2.36 bits per heavy atom. The maximum atomic E-state index is 3.92. The lowest BCUT2D eigenvalue weighted by Crippen LogP contribution is -2.12. The second kappa shape index (κ2) is 2.10. The fourth-order valence-electron chi connectivity index (χ4n) is 2.51. The van der Waals surface area contributed by atoms with Crippen LogP contribution in [0.4, 0.5) is 0 Å². The van der Waals surface area contributed by atoms with Gasteiger partial charge in [-0.2, -0.15) is 0 Å². The van der Waals surface area contributed by atoms with Crippen LogP contribution in [0.15, 0.2) is 37.0 Å². The Labute approximate surface area is 68.3 Å². The van der Waals surface area contributed by atoms with Gasteiger partial charge in [-0.3, -0.25) is 0 Å². The molecule has 2 atom stereocenters. The molecule has 11 heavy (non-hydrogen) atoms. The molecule has 58 valence electrons. The lowest BCUT2D eigenvalue weighted by molar-refractivity contribution is 0.503. The van der Waals surface area contributed by atoms with E-state index in [4.69, 9.17) is 0 Å². The van der Waals surface area contributed by atoms with E-state index in [-0.39, 0.29) is 0 Å². The Kier molecular flexibility index (Phi) is 1.32. The van der Waals surface area contributed by atoms with Crippen molar-refractivity contribution in [2.75, 3.05) is 0 Å². The number of allylic oxidation sites excluding steroid dienone is 4. The minimum Gasteiger partial charge on any atom is -0.102 e. The van der Waals surface area contributed by atoms with E-state index < -0.39 is 0 Å². The maximum absolute atomic E-state index is 3.92. The Hall–Kier alpha value is -0.780. The van der Waals surface area contributed by atoms with Gasteiger partial charge >= 0.3 is 0 Å². The minimum absolute atomic E-state index is 0.326. The monoisotopic (exact) mass is 146 g/mol. The molecule has 2 bridgehead atoms. The van der Waals surface area contributed by atoms with E-state index in [1.807, 2.05) is 6.08 Å². The molecule has 0 aromatic carbocycles. The van der Waals surface area contributed by atoms with Crippen LogP contribution in [0.2, 0.25) is 0 Å². The van der Waals surface area contributed by atoms with E-state index in [2.05, 4.69) is 25.3 Å². The van der Waals surface area contributed by atoms with Crippen molar-refractivity contribution in [2.45, 2.75) is 19.3 Å².